The standard InChI is InChI=1S/C15H24N2/c1-12-9-13(2)17(11-12)15(10-16-3)14-7-5-4-6-8-14/h4-8,12-13,15-16H,9-11H2,1-3H3. The van der Waals surface area contributed by atoms with E-state index in [1.165, 1.54) is 18.5 Å². The highest BCUT2D eigenvalue weighted by atomic mass is 15.2. The van der Waals surface area contributed by atoms with Crippen LogP contribution in [-0.4, -0.2) is 31.1 Å². The summed E-state index contributed by atoms with van der Waals surface area (Å²) in [5, 5.41) is 3.34. The monoisotopic (exact) mass is 232 g/mol. The predicted molar refractivity (Wildman–Crippen MR) is 73.1 cm³/mol. The molecular weight excluding hydrogens is 208 g/mol. The van der Waals surface area contributed by atoms with Gasteiger partial charge in [-0.15, -0.1) is 0 Å². The van der Waals surface area contributed by atoms with Crippen molar-refractivity contribution >= 4 is 0 Å². The van der Waals surface area contributed by atoms with Crippen molar-refractivity contribution in [3.63, 3.8) is 0 Å². The first-order chi connectivity index (χ1) is 8.22. The molecule has 1 fully saturated rings. The number of likely N-dealkylation sites (N-methyl/N-ethyl adjacent to an activating group) is 1. The van der Waals surface area contributed by atoms with Crippen molar-refractivity contribution in [3.05, 3.63) is 35.9 Å². The molecule has 2 nitrogen and oxygen atoms in total. The molecule has 3 atom stereocenters. The molecule has 1 aromatic rings. The van der Waals surface area contributed by atoms with Crippen LogP contribution in [0.15, 0.2) is 30.3 Å². The number of nitrogens with zero attached hydrogens (tertiary/aromatic N) is 1. The molecule has 1 aliphatic heterocycles. The summed E-state index contributed by atoms with van der Waals surface area (Å²) in [4.78, 5) is 2.65. The normalized spacial score (nSPS) is 27.2. The lowest BCUT2D eigenvalue weighted by Gasteiger charge is -2.31. The van der Waals surface area contributed by atoms with Gasteiger partial charge in [0, 0.05) is 25.2 Å². The van der Waals surface area contributed by atoms with Crippen LogP contribution in [0.3, 0.4) is 0 Å². The van der Waals surface area contributed by atoms with Gasteiger partial charge in [0.15, 0.2) is 0 Å². The van der Waals surface area contributed by atoms with Gasteiger partial charge >= 0.3 is 0 Å². The Morgan fingerprint density at radius 2 is 2.00 bits per heavy atom. The number of likely N-dealkylation sites (tertiary alicyclic amines) is 1. The summed E-state index contributed by atoms with van der Waals surface area (Å²) in [5.74, 6) is 0.827. The molecule has 1 N–H and O–H groups in total. The molecular formula is C15H24N2. The molecule has 2 rings (SSSR count). The highest BCUT2D eigenvalue weighted by molar-refractivity contribution is 5.20. The summed E-state index contributed by atoms with van der Waals surface area (Å²) >= 11 is 0. The van der Waals surface area contributed by atoms with E-state index in [-0.39, 0.29) is 0 Å². The molecule has 0 aliphatic carbocycles. The summed E-state index contributed by atoms with van der Waals surface area (Å²) in [7, 11) is 2.04. The molecule has 0 amide bonds. The third-order valence-electron chi connectivity index (χ3n) is 3.81. The van der Waals surface area contributed by atoms with Crippen LogP contribution in [0.25, 0.3) is 0 Å². The highest BCUT2D eigenvalue weighted by Gasteiger charge is 2.31. The van der Waals surface area contributed by atoms with Crippen LogP contribution in [0.1, 0.15) is 31.9 Å². The fraction of sp³-hybridized carbons (Fsp3) is 0.600. The molecule has 3 unspecified atom stereocenters. The van der Waals surface area contributed by atoms with Gasteiger partial charge in [0.1, 0.15) is 0 Å². The van der Waals surface area contributed by atoms with Crippen molar-refractivity contribution in [3.8, 4) is 0 Å². The van der Waals surface area contributed by atoms with E-state index in [2.05, 4.69) is 54.4 Å². The van der Waals surface area contributed by atoms with Gasteiger partial charge in [-0.3, -0.25) is 4.90 Å². The van der Waals surface area contributed by atoms with E-state index >= 15 is 0 Å². The van der Waals surface area contributed by atoms with Gasteiger partial charge in [0.2, 0.25) is 0 Å². The number of benzene rings is 1. The largest absolute Gasteiger partial charge is 0.318 e. The molecule has 2 heteroatoms. The Kier molecular flexibility index (Phi) is 4.19. The van der Waals surface area contributed by atoms with Crippen molar-refractivity contribution < 1.29 is 0 Å². The summed E-state index contributed by atoms with van der Waals surface area (Å²) in [6.45, 7) is 6.97. The van der Waals surface area contributed by atoms with Crippen LogP contribution in [0.2, 0.25) is 0 Å². The molecule has 1 heterocycles. The minimum Gasteiger partial charge on any atom is -0.318 e. The van der Waals surface area contributed by atoms with Gasteiger partial charge in [-0.1, -0.05) is 37.3 Å². The zero-order valence-corrected chi connectivity index (χ0v) is 11.2. The van der Waals surface area contributed by atoms with E-state index in [0.29, 0.717) is 12.1 Å². The number of hydrogen-bond acceptors (Lipinski definition) is 2. The summed E-state index contributed by atoms with van der Waals surface area (Å²) in [6, 6.07) is 12.1. The zero-order valence-electron chi connectivity index (χ0n) is 11.2. The fourth-order valence-corrected chi connectivity index (χ4v) is 3.06. The van der Waals surface area contributed by atoms with Crippen LogP contribution >= 0.6 is 0 Å². The van der Waals surface area contributed by atoms with Crippen molar-refractivity contribution in [2.75, 3.05) is 20.1 Å². The molecule has 1 aliphatic rings. The summed E-state index contributed by atoms with van der Waals surface area (Å²) < 4.78 is 0. The SMILES string of the molecule is CNCC(c1ccccc1)N1CC(C)CC1C. The van der Waals surface area contributed by atoms with Crippen molar-refractivity contribution in [2.45, 2.75) is 32.4 Å². The molecule has 0 saturated carbocycles. The lowest BCUT2D eigenvalue weighted by Crippen LogP contribution is -2.37. The third kappa shape index (κ3) is 2.88. The smallest absolute Gasteiger partial charge is 0.0475 e. The van der Waals surface area contributed by atoms with Gasteiger partial charge in [-0.2, -0.15) is 0 Å². The maximum absolute atomic E-state index is 3.34. The maximum atomic E-state index is 3.34. The second-order valence-electron chi connectivity index (χ2n) is 5.37. The van der Waals surface area contributed by atoms with Crippen molar-refractivity contribution in [1.29, 1.82) is 0 Å². The maximum Gasteiger partial charge on any atom is 0.0475 e. The Labute approximate surface area is 105 Å². The van der Waals surface area contributed by atoms with Gasteiger partial charge in [0.05, 0.1) is 0 Å². The Hall–Kier alpha value is -0.860. The van der Waals surface area contributed by atoms with Crippen molar-refractivity contribution in [2.24, 2.45) is 5.92 Å². The Morgan fingerprint density at radius 3 is 2.53 bits per heavy atom. The van der Waals surface area contributed by atoms with Crippen LogP contribution in [0, 0.1) is 5.92 Å². The summed E-state index contributed by atoms with van der Waals surface area (Å²) in [6.07, 6.45) is 1.33. The average molecular weight is 232 g/mol. The first kappa shape index (κ1) is 12.6. The van der Waals surface area contributed by atoms with Crippen LogP contribution < -0.4 is 5.32 Å². The highest BCUT2D eigenvalue weighted by Crippen LogP contribution is 2.31. The molecule has 1 saturated heterocycles. The van der Waals surface area contributed by atoms with Crippen molar-refractivity contribution in [1.82, 2.24) is 10.2 Å². The average Bonchev–Trinajstić information content (AvgIpc) is 2.66. The minimum atomic E-state index is 0.515. The Morgan fingerprint density at radius 1 is 1.29 bits per heavy atom. The van der Waals surface area contributed by atoms with Crippen LogP contribution in [0.5, 0.6) is 0 Å². The van der Waals surface area contributed by atoms with Crippen LogP contribution in [0.4, 0.5) is 0 Å². The molecule has 0 spiro atoms. The fourth-order valence-electron chi connectivity index (χ4n) is 3.06. The number of hydrogen-bond donors (Lipinski definition) is 1. The summed E-state index contributed by atoms with van der Waals surface area (Å²) in [5.41, 5.74) is 1.43. The molecule has 17 heavy (non-hydrogen) atoms. The second-order valence-corrected chi connectivity index (χ2v) is 5.37. The lowest BCUT2D eigenvalue weighted by atomic mass is 10.0. The second kappa shape index (κ2) is 5.65. The molecule has 1 aromatic carbocycles. The van der Waals surface area contributed by atoms with Crippen LogP contribution in [-0.2, 0) is 0 Å². The quantitative estimate of drug-likeness (QED) is 0.858. The molecule has 94 valence electrons. The van der Waals surface area contributed by atoms with Gasteiger partial charge in [0.25, 0.3) is 0 Å². The van der Waals surface area contributed by atoms with Gasteiger partial charge in [-0.25, -0.2) is 0 Å². The van der Waals surface area contributed by atoms with E-state index in [9.17, 15) is 0 Å². The molecule has 0 radical (unpaired) electrons. The zero-order chi connectivity index (χ0) is 12.3. The van der Waals surface area contributed by atoms with E-state index in [1.54, 1.807) is 0 Å². The third-order valence-corrected chi connectivity index (χ3v) is 3.81. The van der Waals surface area contributed by atoms with E-state index < -0.39 is 0 Å². The Balaban J connectivity index is 2.18. The van der Waals surface area contributed by atoms with E-state index in [0.717, 1.165) is 12.5 Å². The molecule has 0 aromatic heterocycles. The van der Waals surface area contributed by atoms with Gasteiger partial charge < -0.3 is 5.32 Å². The number of rotatable bonds is 4. The topological polar surface area (TPSA) is 15.3 Å². The lowest BCUT2D eigenvalue weighted by molar-refractivity contribution is 0.185. The Bertz CT molecular complexity index is 336. The first-order valence-corrected chi connectivity index (χ1v) is 6.67. The van der Waals surface area contributed by atoms with E-state index in [4.69, 9.17) is 0 Å². The minimum absolute atomic E-state index is 0.515. The predicted octanol–water partition coefficient (Wildman–Crippen LogP) is 2.68. The first-order valence-electron chi connectivity index (χ1n) is 6.67. The number of nitrogens with one attached hydrogen (secondary N) is 1. The van der Waals surface area contributed by atoms with E-state index in [1.807, 2.05) is 7.05 Å². The molecule has 0 bridgehead atoms. The van der Waals surface area contributed by atoms with Gasteiger partial charge in [-0.05, 0) is 31.9 Å².